The van der Waals surface area contributed by atoms with Gasteiger partial charge < -0.3 is 9.80 Å². The Morgan fingerprint density at radius 1 is 1.00 bits per heavy atom. The molecule has 1 heterocycles. The Kier molecular flexibility index (Phi) is 3.95. The Bertz CT molecular complexity index is 551. The SMILES string of the molecule is Cc1ccccc1C(=O)N1CCCN(C(=O)C2CC2)CC1. The minimum Gasteiger partial charge on any atom is -0.341 e. The van der Waals surface area contributed by atoms with E-state index in [1.807, 2.05) is 41.0 Å². The van der Waals surface area contributed by atoms with Crippen LogP contribution in [0.3, 0.4) is 0 Å². The van der Waals surface area contributed by atoms with Gasteiger partial charge in [0.1, 0.15) is 0 Å². The highest BCUT2D eigenvalue weighted by Crippen LogP contribution is 2.31. The summed E-state index contributed by atoms with van der Waals surface area (Å²) >= 11 is 0. The lowest BCUT2D eigenvalue weighted by molar-refractivity contribution is -0.132. The predicted molar refractivity (Wildman–Crippen MR) is 81.0 cm³/mol. The van der Waals surface area contributed by atoms with E-state index in [1.54, 1.807) is 0 Å². The molecule has 112 valence electrons. The van der Waals surface area contributed by atoms with E-state index in [-0.39, 0.29) is 11.8 Å². The van der Waals surface area contributed by atoms with Gasteiger partial charge in [0.05, 0.1) is 0 Å². The first-order valence-corrected chi connectivity index (χ1v) is 7.80. The molecule has 0 atom stereocenters. The summed E-state index contributed by atoms with van der Waals surface area (Å²) in [6.45, 7) is 4.81. The second kappa shape index (κ2) is 5.88. The molecule has 2 amide bonds. The van der Waals surface area contributed by atoms with Crippen molar-refractivity contribution in [2.45, 2.75) is 26.2 Å². The van der Waals surface area contributed by atoms with Gasteiger partial charge in [0.15, 0.2) is 0 Å². The summed E-state index contributed by atoms with van der Waals surface area (Å²) in [5, 5.41) is 0. The fraction of sp³-hybridized carbons (Fsp3) is 0.529. The van der Waals surface area contributed by atoms with Gasteiger partial charge in [0.25, 0.3) is 5.91 Å². The molecule has 1 saturated heterocycles. The molecule has 1 aliphatic heterocycles. The normalized spacial score (nSPS) is 19.3. The summed E-state index contributed by atoms with van der Waals surface area (Å²) in [6, 6.07) is 7.70. The predicted octanol–water partition coefficient (Wildman–Crippen LogP) is 2.08. The topological polar surface area (TPSA) is 40.6 Å². The zero-order chi connectivity index (χ0) is 14.8. The van der Waals surface area contributed by atoms with Crippen LogP contribution in [0.2, 0.25) is 0 Å². The van der Waals surface area contributed by atoms with Crippen molar-refractivity contribution in [3.8, 4) is 0 Å². The summed E-state index contributed by atoms with van der Waals surface area (Å²) in [6.07, 6.45) is 2.96. The molecule has 4 heteroatoms. The third-order valence-electron chi connectivity index (χ3n) is 4.40. The van der Waals surface area contributed by atoms with Crippen LogP contribution in [0.25, 0.3) is 0 Å². The quantitative estimate of drug-likeness (QED) is 0.835. The van der Waals surface area contributed by atoms with E-state index >= 15 is 0 Å². The Balaban J connectivity index is 1.66. The zero-order valence-electron chi connectivity index (χ0n) is 12.5. The maximum absolute atomic E-state index is 12.6. The van der Waals surface area contributed by atoms with Gasteiger partial charge in [-0.05, 0) is 37.8 Å². The van der Waals surface area contributed by atoms with Crippen molar-refractivity contribution in [1.82, 2.24) is 9.80 Å². The first kappa shape index (κ1) is 14.1. The van der Waals surface area contributed by atoms with Gasteiger partial charge in [-0.1, -0.05) is 18.2 Å². The lowest BCUT2D eigenvalue weighted by Crippen LogP contribution is -2.38. The summed E-state index contributed by atoms with van der Waals surface area (Å²) < 4.78 is 0. The molecule has 0 unspecified atom stereocenters. The largest absolute Gasteiger partial charge is 0.341 e. The number of carbonyl (C=O) groups excluding carboxylic acids is 2. The Labute approximate surface area is 125 Å². The van der Waals surface area contributed by atoms with Crippen molar-refractivity contribution in [2.24, 2.45) is 5.92 Å². The number of aryl methyl sites for hydroxylation is 1. The molecule has 0 spiro atoms. The van der Waals surface area contributed by atoms with Gasteiger partial charge >= 0.3 is 0 Å². The lowest BCUT2D eigenvalue weighted by Gasteiger charge is -2.22. The van der Waals surface area contributed by atoms with Gasteiger partial charge in [0, 0.05) is 37.7 Å². The van der Waals surface area contributed by atoms with E-state index in [4.69, 9.17) is 0 Å². The van der Waals surface area contributed by atoms with Crippen LogP contribution in [0.5, 0.6) is 0 Å². The van der Waals surface area contributed by atoms with Crippen LogP contribution in [0, 0.1) is 12.8 Å². The first-order chi connectivity index (χ1) is 10.2. The van der Waals surface area contributed by atoms with Crippen molar-refractivity contribution < 1.29 is 9.59 Å². The van der Waals surface area contributed by atoms with Gasteiger partial charge in [-0.2, -0.15) is 0 Å². The average molecular weight is 286 g/mol. The molecule has 4 nitrogen and oxygen atoms in total. The molecule has 3 rings (SSSR count). The molecular weight excluding hydrogens is 264 g/mol. The molecule has 1 aromatic carbocycles. The maximum atomic E-state index is 12.6. The van der Waals surface area contributed by atoms with Gasteiger partial charge in [-0.3, -0.25) is 9.59 Å². The highest BCUT2D eigenvalue weighted by Gasteiger charge is 2.34. The van der Waals surface area contributed by atoms with Crippen molar-refractivity contribution >= 4 is 11.8 Å². The van der Waals surface area contributed by atoms with Crippen LogP contribution >= 0.6 is 0 Å². The fourth-order valence-corrected chi connectivity index (χ4v) is 2.91. The van der Waals surface area contributed by atoms with Crippen molar-refractivity contribution in [3.05, 3.63) is 35.4 Å². The molecule has 0 bridgehead atoms. The highest BCUT2D eigenvalue weighted by atomic mass is 16.2. The first-order valence-electron chi connectivity index (χ1n) is 7.80. The molecule has 0 N–H and O–H groups in total. The smallest absolute Gasteiger partial charge is 0.254 e. The van der Waals surface area contributed by atoms with E-state index in [0.29, 0.717) is 19.0 Å². The summed E-state index contributed by atoms with van der Waals surface area (Å²) in [7, 11) is 0. The summed E-state index contributed by atoms with van der Waals surface area (Å²) in [5.41, 5.74) is 1.79. The Hall–Kier alpha value is -1.84. The number of rotatable bonds is 2. The van der Waals surface area contributed by atoms with E-state index < -0.39 is 0 Å². The average Bonchev–Trinajstić information content (AvgIpc) is 3.33. The van der Waals surface area contributed by atoms with E-state index in [2.05, 4.69) is 0 Å². The third kappa shape index (κ3) is 3.09. The molecule has 0 radical (unpaired) electrons. The molecule has 2 fully saturated rings. The standard InChI is InChI=1S/C17H22N2O2/c1-13-5-2-3-6-15(13)17(21)19-10-4-9-18(11-12-19)16(20)14-7-8-14/h2-3,5-6,14H,4,7-12H2,1H3. The second-order valence-corrected chi connectivity index (χ2v) is 6.06. The molecule has 2 aliphatic rings. The number of carbonyl (C=O) groups is 2. The molecular formula is C17H22N2O2. The van der Waals surface area contributed by atoms with E-state index in [9.17, 15) is 9.59 Å². The number of amides is 2. The Morgan fingerprint density at radius 3 is 2.38 bits per heavy atom. The number of benzene rings is 1. The van der Waals surface area contributed by atoms with E-state index in [0.717, 1.165) is 43.5 Å². The Morgan fingerprint density at radius 2 is 1.67 bits per heavy atom. The summed E-state index contributed by atoms with van der Waals surface area (Å²) in [5.74, 6) is 0.651. The number of hydrogen-bond acceptors (Lipinski definition) is 2. The maximum Gasteiger partial charge on any atom is 0.254 e. The highest BCUT2D eigenvalue weighted by molar-refractivity contribution is 5.95. The molecule has 21 heavy (non-hydrogen) atoms. The van der Waals surface area contributed by atoms with Gasteiger partial charge in [0.2, 0.25) is 5.91 Å². The van der Waals surface area contributed by atoms with Gasteiger partial charge in [-0.15, -0.1) is 0 Å². The van der Waals surface area contributed by atoms with Crippen LogP contribution in [0.1, 0.15) is 35.2 Å². The van der Waals surface area contributed by atoms with Crippen LogP contribution in [0.15, 0.2) is 24.3 Å². The van der Waals surface area contributed by atoms with Crippen LogP contribution in [-0.4, -0.2) is 47.8 Å². The molecule has 0 aromatic heterocycles. The second-order valence-electron chi connectivity index (χ2n) is 6.06. The van der Waals surface area contributed by atoms with Crippen LogP contribution < -0.4 is 0 Å². The minimum atomic E-state index is 0.0915. The molecule has 1 saturated carbocycles. The van der Waals surface area contributed by atoms with Gasteiger partial charge in [-0.25, -0.2) is 0 Å². The van der Waals surface area contributed by atoms with Crippen molar-refractivity contribution in [2.75, 3.05) is 26.2 Å². The lowest BCUT2D eigenvalue weighted by atomic mass is 10.1. The van der Waals surface area contributed by atoms with E-state index in [1.165, 1.54) is 0 Å². The number of hydrogen-bond donors (Lipinski definition) is 0. The summed E-state index contributed by atoms with van der Waals surface area (Å²) in [4.78, 5) is 28.6. The van der Waals surface area contributed by atoms with Crippen molar-refractivity contribution in [3.63, 3.8) is 0 Å². The molecule has 1 aromatic rings. The number of nitrogens with zero attached hydrogens (tertiary/aromatic N) is 2. The monoisotopic (exact) mass is 286 g/mol. The van der Waals surface area contributed by atoms with Crippen LogP contribution in [0.4, 0.5) is 0 Å². The fourth-order valence-electron chi connectivity index (χ4n) is 2.91. The minimum absolute atomic E-state index is 0.0915. The zero-order valence-corrected chi connectivity index (χ0v) is 12.5. The third-order valence-corrected chi connectivity index (χ3v) is 4.40. The van der Waals surface area contributed by atoms with Crippen molar-refractivity contribution in [1.29, 1.82) is 0 Å². The molecule has 1 aliphatic carbocycles. The van der Waals surface area contributed by atoms with Crippen LogP contribution in [-0.2, 0) is 4.79 Å².